The van der Waals surface area contributed by atoms with E-state index >= 15 is 0 Å². The molecule has 6 nitrogen and oxygen atoms in total. The van der Waals surface area contributed by atoms with Gasteiger partial charge in [-0.3, -0.25) is 15.1 Å². The second-order valence-electron chi connectivity index (χ2n) is 7.85. The molecule has 3 rings (SSSR count). The standard InChI is InChI=1S/C19H28N4O2/c1-18(2,3)22-17-19(9-10-23(13-19)16(24)12-25-4)20-11-14-7-5-6-8-15(14)21-17/h5-8,20H,9-13H2,1-4H3,(H,21,22)/t19-/m1/s1. The zero-order chi connectivity index (χ0) is 18.1. The summed E-state index contributed by atoms with van der Waals surface area (Å²) in [7, 11) is 1.55. The molecule has 1 aromatic carbocycles. The van der Waals surface area contributed by atoms with Crippen molar-refractivity contribution in [2.75, 3.05) is 32.1 Å². The number of carbonyl (C=O) groups is 1. The van der Waals surface area contributed by atoms with E-state index < -0.39 is 0 Å². The highest BCUT2D eigenvalue weighted by Gasteiger charge is 2.45. The second kappa shape index (κ2) is 6.77. The molecule has 2 aliphatic heterocycles. The van der Waals surface area contributed by atoms with E-state index in [1.54, 1.807) is 7.11 Å². The molecule has 0 radical (unpaired) electrons. The van der Waals surface area contributed by atoms with Gasteiger partial charge in [0.25, 0.3) is 0 Å². The summed E-state index contributed by atoms with van der Waals surface area (Å²) in [5.74, 6) is 0.940. The number of hydrogen-bond donors (Lipinski definition) is 2. The molecule has 0 bridgehead atoms. The van der Waals surface area contributed by atoms with E-state index in [0.717, 1.165) is 24.5 Å². The molecule has 1 amide bonds. The predicted octanol–water partition coefficient (Wildman–Crippen LogP) is 2.02. The summed E-state index contributed by atoms with van der Waals surface area (Å²) in [5, 5.41) is 7.24. The summed E-state index contributed by atoms with van der Waals surface area (Å²) < 4.78 is 5.02. The molecule has 136 valence electrons. The fourth-order valence-corrected chi connectivity index (χ4v) is 3.44. The number of aliphatic imine (C=N–C) groups is 1. The minimum Gasteiger partial charge on any atom is -0.375 e. The van der Waals surface area contributed by atoms with Gasteiger partial charge in [0, 0.05) is 32.4 Å². The van der Waals surface area contributed by atoms with Crippen LogP contribution in [0.15, 0.2) is 29.3 Å². The first-order valence-corrected chi connectivity index (χ1v) is 8.80. The van der Waals surface area contributed by atoms with Crippen molar-refractivity contribution in [2.45, 2.75) is 44.8 Å². The lowest BCUT2D eigenvalue weighted by atomic mass is 9.95. The fraction of sp³-hybridized carbons (Fsp3) is 0.579. The Labute approximate surface area is 149 Å². The predicted molar refractivity (Wildman–Crippen MR) is 99.9 cm³/mol. The van der Waals surface area contributed by atoms with Gasteiger partial charge in [0.2, 0.25) is 5.91 Å². The lowest BCUT2D eigenvalue weighted by Crippen LogP contribution is -2.56. The molecule has 1 aromatic rings. The van der Waals surface area contributed by atoms with Crippen LogP contribution in [0.3, 0.4) is 0 Å². The zero-order valence-electron chi connectivity index (χ0n) is 15.6. The quantitative estimate of drug-likeness (QED) is 0.861. The molecule has 1 spiro atoms. The Morgan fingerprint density at radius 3 is 2.84 bits per heavy atom. The number of likely N-dealkylation sites (tertiary alicyclic amines) is 1. The van der Waals surface area contributed by atoms with Crippen LogP contribution in [0.4, 0.5) is 5.69 Å². The van der Waals surface area contributed by atoms with Crippen LogP contribution in [0.1, 0.15) is 32.8 Å². The van der Waals surface area contributed by atoms with Crippen molar-refractivity contribution in [2.24, 2.45) is 4.99 Å². The maximum absolute atomic E-state index is 12.3. The monoisotopic (exact) mass is 344 g/mol. The van der Waals surface area contributed by atoms with Crippen molar-refractivity contribution in [3.8, 4) is 0 Å². The van der Waals surface area contributed by atoms with Gasteiger partial charge in [0.15, 0.2) is 0 Å². The lowest BCUT2D eigenvalue weighted by molar-refractivity contribution is -0.134. The Bertz CT molecular complexity index is 680. The summed E-state index contributed by atoms with van der Waals surface area (Å²) in [6.45, 7) is 8.45. The van der Waals surface area contributed by atoms with E-state index in [-0.39, 0.29) is 23.6 Å². The molecule has 25 heavy (non-hydrogen) atoms. The van der Waals surface area contributed by atoms with Crippen LogP contribution >= 0.6 is 0 Å². The lowest BCUT2D eigenvalue weighted by Gasteiger charge is -2.32. The van der Waals surface area contributed by atoms with Crippen LogP contribution in [0.5, 0.6) is 0 Å². The Morgan fingerprint density at radius 1 is 1.36 bits per heavy atom. The number of benzene rings is 1. The SMILES string of the molecule is COCC(=O)N1CC[C@]2(C1)NCc1ccccc1NC2=NC(C)(C)C. The summed E-state index contributed by atoms with van der Waals surface area (Å²) in [4.78, 5) is 19.1. The van der Waals surface area contributed by atoms with Crippen molar-refractivity contribution >= 4 is 17.4 Å². The first kappa shape index (κ1) is 17.9. The van der Waals surface area contributed by atoms with Crippen LogP contribution in [0.2, 0.25) is 0 Å². The zero-order valence-corrected chi connectivity index (χ0v) is 15.6. The van der Waals surface area contributed by atoms with Crippen molar-refractivity contribution in [1.82, 2.24) is 10.2 Å². The summed E-state index contributed by atoms with van der Waals surface area (Å²) in [6.07, 6.45) is 0.832. The van der Waals surface area contributed by atoms with Crippen molar-refractivity contribution in [3.05, 3.63) is 29.8 Å². The fourth-order valence-electron chi connectivity index (χ4n) is 3.44. The molecule has 1 saturated heterocycles. The molecule has 6 heteroatoms. The molecule has 2 N–H and O–H groups in total. The molecule has 2 aliphatic rings. The number of amides is 1. The highest BCUT2D eigenvalue weighted by Crippen LogP contribution is 2.30. The van der Waals surface area contributed by atoms with E-state index in [9.17, 15) is 4.79 Å². The van der Waals surface area contributed by atoms with Gasteiger partial charge < -0.3 is 15.0 Å². The average molecular weight is 344 g/mol. The minimum absolute atomic E-state index is 0.0260. The van der Waals surface area contributed by atoms with Crippen molar-refractivity contribution < 1.29 is 9.53 Å². The molecule has 1 fully saturated rings. The van der Waals surface area contributed by atoms with E-state index in [1.807, 2.05) is 17.0 Å². The summed E-state index contributed by atoms with van der Waals surface area (Å²) >= 11 is 0. The Morgan fingerprint density at radius 2 is 2.12 bits per heavy atom. The first-order chi connectivity index (χ1) is 11.8. The number of para-hydroxylation sites is 1. The number of fused-ring (bicyclic) bond motifs is 1. The highest BCUT2D eigenvalue weighted by molar-refractivity contribution is 6.04. The molecule has 0 saturated carbocycles. The molecule has 0 aromatic heterocycles. The molecule has 0 unspecified atom stereocenters. The highest BCUT2D eigenvalue weighted by atomic mass is 16.5. The second-order valence-corrected chi connectivity index (χ2v) is 7.85. The number of ether oxygens (including phenoxy) is 1. The number of amidine groups is 1. The van der Waals surface area contributed by atoms with E-state index in [1.165, 1.54) is 5.56 Å². The number of hydrogen-bond acceptors (Lipinski definition) is 4. The van der Waals surface area contributed by atoms with Crippen LogP contribution in [-0.2, 0) is 16.1 Å². The number of rotatable bonds is 2. The third-order valence-corrected chi connectivity index (χ3v) is 4.68. The van der Waals surface area contributed by atoms with Crippen LogP contribution in [0, 0.1) is 0 Å². The van der Waals surface area contributed by atoms with Gasteiger partial charge in [0.05, 0.1) is 11.1 Å². The van der Waals surface area contributed by atoms with E-state index in [2.05, 4.69) is 43.5 Å². The Kier molecular flexibility index (Phi) is 4.84. The maximum atomic E-state index is 12.3. The third kappa shape index (κ3) is 3.85. The van der Waals surface area contributed by atoms with Gasteiger partial charge in [-0.1, -0.05) is 18.2 Å². The van der Waals surface area contributed by atoms with Gasteiger partial charge >= 0.3 is 0 Å². The van der Waals surface area contributed by atoms with Crippen molar-refractivity contribution in [3.63, 3.8) is 0 Å². The Hall–Kier alpha value is -1.92. The van der Waals surface area contributed by atoms with Gasteiger partial charge in [-0.2, -0.15) is 0 Å². The molecule has 1 atom stereocenters. The number of nitrogens with one attached hydrogen (secondary N) is 2. The number of carbonyl (C=O) groups excluding carboxylic acids is 1. The molecular formula is C19H28N4O2. The Balaban J connectivity index is 1.94. The van der Waals surface area contributed by atoms with Crippen LogP contribution in [0.25, 0.3) is 0 Å². The molecular weight excluding hydrogens is 316 g/mol. The molecule has 0 aliphatic carbocycles. The van der Waals surface area contributed by atoms with E-state index in [4.69, 9.17) is 9.73 Å². The smallest absolute Gasteiger partial charge is 0.248 e. The normalized spacial score (nSPS) is 25.0. The average Bonchev–Trinajstić information content (AvgIpc) is 2.92. The van der Waals surface area contributed by atoms with E-state index in [0.29, 0.717) is 13.1 Å². The summed E-state index contributed by atoms with van der Waals surface area (Å²) in [6, 6.07) is 8.27. The molecule has 2 heterocycles. The largest absolute Gasteiger partial charge is 0.375 e. The number of anilines is 1. The van der Waals surface area contributed by atoms with Gasteiger partial charge in [-0.15, -0.1) is 0 Å². The topological polar surface area (TPSA) is 66.0 Å². The van der Waals surface area contributed by atoms with Crippen molar-refractivity contribution in [1.29, 1.82) is 0 Å². The minimum atomic E-state index is -0.351. The first-order valence-electron chi connectivity index (χ1n) is 8.80. The van der Waals surface area contributed by atoms with Crippen LogP contribution in [-0.4, -0.2) is 54.5 Å². The van der Waals surface area contributed by atoms with Gasteiger partial charge in [0.1, 0.15) is 12.4 Å². The maximum Gasteiger partial charge on any atom is 0.248 e. The van der Waals surface area contributed by atoms with Crippen LogP contribution < -0.4 is 10.6 Å². The summed E-state index contributed by atoms with van der Waals surface area (Å²) in [5.41, 5.74) is 1.73. The number of nitrogens with zero attached hydrogens (tertiary/aromatic N) is 2. The third-order valence-electron chi connectivity index (χ3n) is 4.68. The van der Waals surface area contributed by atoms with Gasteiger partial charge in [-0.05, 0) is 38.8 Å². The van der Waals surface area contributed by atoms with Gasteiger partial charge in [-0.25, -0.2) is 0 Å². The number of methoxy groups -OCH3 is 1.